The van der Waals surface area contributed by atoms with Gasteiger partial charge in [0.2, 0.25) is 0 Å². The highest BCUT2D eigenvalue weighted by Crippen LogP contribution is 2.10. The molecule has 0 rings (SSSR count). The first-order chi connectivity index (χ1) is 23.1. The molecule has 1 N–H and O–H groups in total. The van der Waals surface area contributed by atoms with E-state index in [9.17, 15) is 19.5 Å². The lowest BCUT2D eigenvalue weighted by Gasteiger charge is -2.31. The van der Waals surface area contributed by atoms with Crippen LogP contribution in [0.1, 0.15) is 110 Å². The number of carboxylic acid groups (broad SMARTS) is 1. The standard InChI is InChI=1S/C40H65NO7/c1-6-8-10-12-14-15-16-17-18-19-20-21-22-23-25-26-28-30-38(42)47-35-36(34-46-33-32-37(40(44)45)41(3,4)5)48-39(43)31-29-27-24-13-11-9-7-2/h9,11,14-15,17-18,20-21,23-25,27,36-37H,6-8,10,12-13,16,19,22,26,28-35H2,1-5H3/p+1/b11-9+,15-14+,18-17+,21-20+,25-23+,27-24+. The number of likely N-dealkylation sites (N-methyl/N-ethyl adjacent to an activating group) is 1. The number of carboxylic acids is 1. The highest BCUT2D eigenvalue weighted by atomic mass is 16.6. The van der Waals surface area contributed by atoms with Crippen molar-refractivity contribution in [2.45, 2.75) is 122 Å². The number of esters is 2. The largest absolute Gasteiger partial charge is 0.477 e. The molecule has 0 fully saturated rings. The molecule has 272 valence electrons. The Morgan fingerprint density at radius 2 is 1.19 bits per heavy atom. The fourth-order valence-corrected chi connectivity index (χ4v) is 4.55. The van der Waals surface area contributed by atoms with Gasteiger partial charge in [-0.3, -0.25) is 9.59 Å². The molecule has 0 amide bonds. The van der Waals surface area contributed by atoms with Crippen LogP contribution in [0, 0.1) is 0 Å². The van der Waals surface area contributed by atoms with Gasteiger partial charge in [0.25, 0.3) is 0 Å². The number of nitrogens with zero attached hydrogens (tertiary/aromatic N) is 1. The van der Waals surface area contributed by atoms with E-state index >= 15 is 0 Å². The van der Waals surface area contributed by atoms with Crippen molar-refractivity contribution in [1.29, 1.82) is 0 Å². The van der Waals surface area contributed by atoms with Crippen LogP contribution < -0.4 is 0 Å². The summed E-state index contributed by atoms with van der Waals surface area (Å²) in [5, 5.41) is 9.54. The highest BCUT2D eigenvalue weighted by molar-refractivity contribution is 5.72. The van der Waals surface area contributed by atoms with Crippen LogP contribution in [0.4, 0.5) is 0 Å². The Morgan fingerprint density at radius 1 is 0.646 bits per heavy atom. The van der Waals surface area contributed by atoms with Gasteiger partial charge in [-0.25, -0.2) is 4.79 Å². The van der Waals surface area contributed by atoms with Crippen molar-refractivity contribution < 1.29 is 38.2 Å². The van der Waals surface area contributed by atoms with E-state index in [-0.39, 0.29) is 43.1 Å². The second-order valence-corrected chi connectivity index (χ2v) is 12.7. The Hall–Kier alpha value is -3.23. The molecule has 0 aliphatic heterocycles. The molecule has 0 radical (unpaired) electrons. The van der Waals surface area contributed by atoms with Crippen molar-refractivity contribution in [3.63, 3.8) is 0 Å². The minimum absolute atomic E-state index is 0.0162. The van der Waals surface area contributed by atoms with Crippen LogP contribution in [0.3, 0.4) is 0 Å². The molecule has 0 aromatic heterocycles. The summed E-state index contributed by atoms with van der Waals surface area (Å²) in [4.78, 5) is 36.5. The number of hydrogen-bond donors (Lipinski definition) is 1. The van der Waals surface area contributed by atoms with Crippen LogP contribution in [0.25, 0.3) is 0 Å². The molecule has 8 heteroatoms. The number of carbonyl (C=O) groups is 3. The van der Waals surface area contributed by atoms with Gasteiger partial charge in [0.05, 0.1) is 34.4 Å². The van der Waals surface area contributed by atoms with E-state index in [0.717, 1.165) is 38.5 Å². The molecule has 48 heavy (non-hydrogen) atoms. The summed E-state index contributed by atoms with van der Waals surface area (Å²) in [6.07, 6.45) is 37.1. The Morgan fingerprint density at radius 3 is 1.73 bits per heavy atom. The fraction of sp³-hybridized carbons (Fsp3) is 0.625. The van der Waals surface area contributed by atoms with E-state index in [4.69, 9.17) is 14.2 Å². The van der Waals surface area contributed by atoms with Crippen LogP contribution in [-0.4, -0.2) is 80.6 Å². The summed E-state index contributed by atoms with van der Waals surface area (Å²) in [6, 6.07) is -0.632. The summed E-state index contributed by atoms with van der Waals surface area (Å²) in [5.74, 6) is -1.65. The first-order valence-electron chi connectivity index (χ1n) is 18.0. The van der Waals surface area contributed by atoms with Gasteiger partial charge in [0.15, 0.2) is 12.1 Å². The first kappa shape index (κ1) is 44.8. The molecule has 0 aromatic rings. The molecule has 0 saturated carbocycles. The third kappa shape index (κ3) is 29.0. The van der Waals surface area contributed by atoms with E-state index in [1.54, 1.807) is 0 Å². The summed E-state index contributed by atoms with van der Waals surface area (Å²) < 4.78 is 17.0. The van der Waals surface area contributed by atoms with Crippen LogP contribution >= 0.6 is 0 Å². The zero-order valence-electron chi connectivity index (χ0n) is 30.7. The molecular formula is C40H66NO7+. The molecular weight excluding hydrogens is 606 g/mol. The molecule has 8 nitrogen and oxygen atoms in total. The number of quaternary nitrogens is 1. The fourth-order valence-electron chi connectivity index (χ4n) is 4.55. The topological polar surface area (TPSA) is 99.1 Å². The van der Waals surface area contributed by atoms with Crippen molar-refractivity contribution in [3.05, 3.63) is 72.9 Å². The molecule has 2 unspecified atom stereocenters. The van der Waals surface area contributed by atoms with Gasteiger partial charge >= 0.3 is 17.9 Å². The number of carbonyl (C=O) groups excluding carboxylic acids is 2. The Labute approximate surface area is 291 Å². The lowest BCUT2D eigenvalue weighted by Crippen LogP contribution is -2.50. The Kier molecular flexibility index (Phi) is 29.0. The molecule has 0 aliphatic carbocycles. The molecule has 0 aliphatic rings. The average Bonchev–Trinajstić information content (AvgIpc) is 3.03. The van der Waals surface area contributed by atoms with Gasteiger partial charge in [-0.2, -0.15) is 0 Å². The average molecular weight is 673 g/mol. The van der Waals surface area contributed by atoms with E-state index < -0.39 is 24.1 Å². The minimum Gasteiger partial charge on any atom is -0.477 e. The lowest BCUT2D eigenvalue weighted by atomic mass is 10.1. The monoisotopic (exact) mass is 672 g/mol. The second kappa shape index (κ2) is 31.1. The van der Waals surface area contributed by atoms with Gasteiger partial charge < -0.3 is 23.8 Å². The molecule has 0 bridgehead atoms. The Balaban J connectivity index is 4.51. The van der Waals surface area contributed by atoms with Crippen LogP contribution in [0.5, 0.6) is 0 Å². The van der Waals surface area contributed by atoms with Crippen molar-refractivity contribution in [1.82, 2.24) is 0 Å². The number of rotatable bonds is 30. The Bertz CT molecular complexity index is 1020. The number of aliphatic carboxylic acids is 1. The van der Waals surface area contributed by atoms with Crippen molar-refractivity contribution in [3.8, 4) is 0 Å². The summed E-state index contributed by atoms with van der Waals surface area (Å²) >= 11 is 0. The van der Waals surface area contributed by atoms with Crippen molar-refractivity contribution in [2.24, 2.45) is 0 Å². The van der Waals surface area contributed by atoms with E-state index in [1.165, 1.54) is 25.7 Å². The van der Waals surface area contributed by atoms with E-state index in [2.05, 4.69) is 74.6 Å². The molecule has 0 heterocycles. The second-order valence-electron chi connectivity index (χ2n) is 12.7. The van der Waals surface area contributed by atoms with Gasteiger partial charge in [0, 0.05) is 19.3 Å². The first-order valence-corrected chi connectivity index (χ1v) is 18.0. The number of allylic oxidation sites excluding steroid dienone is 12. The summed E-state index contributed by atoms with van der Waals surface area (Å²) in [6.45, 7) is 4.39. The smallest absolute Gasteiger partial charge is 0.362 e. The van der Waals surface area contributed by atoms with Crippen molar-refractivity contribution >= 4 is 17.9 Å². The quantitative estimate of drug-likeness (QED) is 0.0352. The SMILES string of the molecule is CC/C=C/C/C=C/CCC(=O)OC(COCCC(C(=O)O)[N+](C)(C)C)COC(=O)CCC/C=C/C/C=C/C/C=C/C/C=C/CCCCC. The van der Waals surface area contributed by atoms with Gasteiger partial charge in [-0.15, -0.1) is 0 Å². The van der Waals surface area contributed by atoms with Gasteiger partial charge in [0.1, 0.15) is 6.61 Å². The van der Waals surface area contributed by atoms with Crippen LogP contribution in [-0.2, 0) is 28.6 Å². The third-order valence-electron chi connectivity index (χ3n) is 7.35. The van der Waals surface area contributed by atoms with Crippen molar-refractivity contribution in [2.75, 3.05) is 41.0 Å². The van der Waals surface area contributed by atoms with Gasteiger partial charge in [-0.1, -0.05) is 99.6 Å². The molecule has 2 atom stereocenters. The molecule has 0 aromatic carbocycles. The number of unbranched alkanes of at least 4 members (excludes halogenated alkanes) is 4. The maximum absolute atomic E-state index is 12.5. The zero-order chi connectivity index (χ0) is 35.7. The lowest BCUT2D eigenvalue weighted by molar-refractivity contribution is -0.887. The summed E-state index contributed by atoms with van der Waals surface area (Å²) in [7, 11) is 5.46. The van der Waals surface area contributed by atoms with Crippen LogP contribution in [0.2, 0.25) is 0 Å². The highest BCUT2D eigenvalue weighted by Gasteiger charge is 2.31. The van der Waals surface area contributed by atoms with E-state index in [1.807, 2.05) is 33.3 Å². The normalized spacial score (nSPS) is 13.9. The van der Waals surface area contributed by atoms with E-state index in [0.29, 0.717) is 19.3 Å². The maximum atomic E-state index is 12.5. The molecule has 0 spiro atoms. The number of hydrogen-bond acceptors (Lipinski definition) is 6. The number of ether oxygens (including phenoxy) is 3. The maximum Gasteiger partial charge on any atom is 0.362 e. The molecule has 0 saturated heterocycles. The third-order valence-corrected chi connectivity index (χ3v) is 7.35. The van der Waals surface area contributed by atoms with Gasteiger partial charge in [-0.05, 0) is 64.2 Å². The summed E-state index contributed by atoms with van der Waals surface area (Å²) in [5.41, 5.74) is 0. The predicted octanol–water partition coefficient (Wildman–Crippen LogP) is 8.85. The predicted molar refractivity (Wildman–Crippen MR) is 197 cm³/mol. The zero-order valence-corrected chi connectivity index (χ0v) is 30.7. The van der Waals surface area contributed by atoms with Crippen LogP contribution in [0.15, 0.2) is 72.9 Å². The minimum atomic E-state index is -0.896.